The van der Waals surface area contributed by atoms with E-state index in [1.807, 2.05) is 39.0 Å². The summed E-state index contributed by atoms with van der Waals surface area (Å²) in [5, 5.41) is 3.50. The topological polar surface area (TPSA) is 29.1 Å². The Labute approximate surface area is 89.3 Å². The van der Waals surface area contributed by atoms with Gasteiger partial charge in [-0.25, -0.2) is 0 Å². The van der Waals surface area contributed by atoms with E-state index in [2.05, 4.69) is 5.32 Å². The van der Waals surface area contributed by atoms with Crippen LogP contribution in [0.3, 0.4) is 0 Å². The zero-order valence-electron chi connectivity index (χ0n) is 8.60. The second-order valence-electron chi connectivity index (χ2n) is 3.56. The Bertz CT molecular complexity index is 347. The smallest absolute Gasteiger partial charge is 0.226 e. The highest BCUT2D eigenvalue weighted by atomic mass is 35.5. The molecule has 0 atom stereocenters. The van der Waals surface area contributed by atoms with E-state index in [1.165, 1.54) is 0 Å². The molecule has 0 aromatic heterocycles. The first-order chi connectivity index (χ1) is 6.52. The van der Waals surface area contributed by atoms with E-state index >= 15 is 0 Å². The molecule has 0 radical (unpaired) electrons. The maximum absolute atomic E-state index is 11.4. The number of rotatable bonds is 2. The molecule has 0 aliphatic rings. The van der Waals surface area contributed by atoms with E-state index in [0.717, 1.165) is 11.3 Å². The molecule has 0 unspecified atom stereocenters. The van der Waals surface area contributed by atoms with E-state index in [4.69, 9.17) is 11.6 Å². The number of carbonyl (C=O) groups excluding carboxylic acids is 1. The molecule has 1 aromatic rings. The number of nitrogens with one attached hydrogen (secondary N) is 1. The summed E-state index contributed by atoms with van der Waals surface area (Å²) in [5.41, 5.74) is 1.69. The zero-order valence-corrected chi connectivity index (χ0v) is 9.35. The van der Waals surface area contributed by atoms with Crippen LogP contribution in [0, 0.1) is 12.8 Å². The van der Waals surface area contributed by atoms with E-state index < -0.39 is 0 Å². The number of amides is 1. The average molecular weight is 212 g/mol. The largest absolute Gasteiger partial charge is 0.326 e. The molecular weight excluding hydrogens is 198 g/mol. The molecule has 0 fully saturated rings. The molecule has 3 heteroatoms. The number of halogens is 1. The van der Waals surface area contributed by atoms with Crippen molar-refractivity contribution in [2.24, 2.45) is 5.92 Å². The van der Waals surface area contributed by atoms with Crippen LogP contribution in [-0.2, 0) is 4.79 Å². The van der Waals surface area contributed by atoms with Crippen molar-refractivity contribution in [1.82, 2.24) is 0 Å². The summed E-state index contributed by atoms with van der Waals surface area (Å²) in [4.78, 5) is 11.4. The van der Waals surface area contributed by atoms with Gasteiger partial charge in [-0.15, -0.1) is 0 Å². The molecule has 1 amide bonds. The van der Waals surface area contributed by atoms with Crippen LogP contribution >= 0.6 is 11.6 Å². The molecule has 14 heavy (non-hydrogen) atoms. The minimum atomic E-state index is -0.0200. The lowest BCUT2D eigenvalue weighted by Crippen LogP contribution is -2.18. The molecule has 0 heterocycles. The molecule has 2 nitrogen and oxygen atoms in total. The maximum Gasteiger partial charge on any atom is 0.226 e. The molecule has 1 N–H and O–H groups in total. The lowest BCUT2D eigenvalue weighted by atomic mass is 10.1. The van der Waals surface area contributed by atoms with Crippen LogP contribution in [-0.4, -0.2) is 5.91 Å². The number of anilines is 1. The molecular formula is C11H14ClNO. The van der Waals surface area contributed by atoms with Crippen LogP contribution in [0.15, 0.2) is 18.2 Å². The standard InChI is InChI=1S/C11H14ClNO/c1-7(2)11(14)13-10-6-4-5-9(12)8(10)3/h4-7H,1-3H3,(H,13,14). The Morgan fingerprint density at radius 2 is 2.07 bits per heavy atom. The first kappa shape index (κ1) is 11.1. The van der Waals surface area contributed by atoms with Crippen molar-refractivity contribution in [3.05, 3.63) is 28.8 Å². The quantitative estimate of drug-likeness (QED) is 0.800. The number of hydrogen-bond donors (Lipinski definition) is 1. The highest BCUT2D eigenvalue weighted by molar-refractivity contribution is 6.31. The van der Waals surface area contributed by atoms with Gasteiger partial charge in [0.2, 0.25) is 5.91 Å². The molecule has 0 aliphatic heterocycles. The first-order valence-electron chi connectivity index (χ1n) is 4.58. The first-order valence-corrected chi connectivity index (χ1v) is 4.96. The van der Waals surface area contributed by atoms with Crippen LogP contribution in [0.25, 0.3) is 0 Å². The maximum atomic E-state index is 11.4. The minimum Gasteiger partial charge on any atom is -0.326 e. The van der Waals surface area contributed by atoms with Gasteiger partial charge < -0.3 is 5.32 Å². The highest BCUT2D eigenvalue weighted by Crippen LogP contribution is 2.23. The van der Waals surface area contributed by atoms with Crippen molar-refractivity contribution >= 4 is 23.2 Å². The number of hydrogen-bond acceptors (Lipinski definition) is 1. The van der Waals surface area contributed by atoms with Crippen molar-refractivity contribution in [2.75, 3.05) is 5.32 Å². The van der Waals surface area contributed by atoms with E-state index in [9.17, 15) is 4.79 Å². The Morgan fingerprint density at radius 3 is 2.64 bits per heavy atom. The Balaban J connectivity index is 2.87. The minimum absolute atomic E-state index is 0.00960. The summed E-state index contributed by atoms with van der Waals surface area (Å²) in [5.74, 6) is -0.0104. The van der Waals surface area contributed by atoms with Gasteiger partial charge in [-0.05, 0) is 24.6 Å². The van der Waals surface area contributed by atoms with Gasteiger partial charge in [0.1, 0.15) is 0 Å². The molecule has 1 aromatic carbocycles. The Hall–Kier alpha value is -1.02. The Kier molecular flexibility index (Phi) is 3.53. The fraction of sp³-hybridized carbons (Fsp3) is 0.364. The molecule has 1 rings (SSSR count). The second-order valence-corrected chi connectivity index (χ2v) is 3.96. The van der Waals surface area contributed by atoms with Crippen LogP contribution < -0.4 is 5.32 Å². The molecule has 0 bridgehead atoms. The van der Waals surface area contributed by atoms with Gasteiger partial charge in [0, 0.05) is 16.6 Å². The lowest BCUT2D eigenvalue weighted by Gasteiger charge is -2.10. The second kappa shape index (κ2) is 4.47. The lowest BCUT2D eigenvalue weighted by molar-refractivity contribution is -0.118. The molecule has 76 valence electrons. The van der Waals surface area contributed by atoms with Gasteiger partial charge in [-0.2, -0.15) is 0 Å². The summed E-state index contributed by atoms with van der Waals surface area (Å²) in [6, 6.07) is 5.48. The predicted octanol–water partition coefficient (Wildman–Crippen LogP) is 3.24. The molecule has 0 saturated carbocycles. The van der Waals surface area contributed by atoms with Gasteiger partial charge >= 0.3 is 0 Å². The van der Waals surface area contributed by atoms with Gasteiger partial charge in [0.15, 0.2) is 0 Å². The summed E-state index contributed by atoms with van der Waals surface area (Å²) >= 11 is 5.93. The zero-order chi connectivity index (χ0) is 10.7. The summed E-state index contributed by atoms with van der Waals surface area (Å²) in [7, 11) is 0. The van der Waals surface area contributed by atoms with Crippen LogP contribution in [0.1, 0.15) is 19.4 Å². The van der Waals surface area contributed by atoms with Crippen molar-refractivity contribution in [3.63, 3.8) is 0 Å². The SMILES string of the molecule is Cc1c(Cl)cccc1NC(=O)C(C)C. The highest BCUT2D eigenvalue weighted by Gasteiger charge is 2.09. The van der Waals surface area contributed by atoms with E-state index in [-0.39, 0.29) is 11.8 Å². The number of carbonyl (C=O) groups is 1. The van der Waals surface area contributed by atoms with Gasteiger partial charge in [-0.1, -0.05) is 31.5 Å². The summed E-state index contributed by atoms with van der Waals surface area (Å²) < 4.78 is 0. The summed E-state index contributed by atoms with van der Waals surface area (Å²) in [6.45, 7) is 5.60. The van der Waals surface area contributed by atoms with Gasteiger partial charge in [0.25, 0.3) is 0 Å². The molecule has 0 aliphatic carbocycles. The van der Waals surface area contributed by atoms with Gasteiger partial charge in [0.05, 0.1) is 0 Å². The van der Waals surface area contributed by atoms with Gasteiger partial charge in [-0.3, -0.25) is 4.79 Å². The molecule has 0 spiro atoms. The fourth-order valence-corrected chi connectivity index (χ4v) is 1.19. The van der Waals surface area contributed by atoms with Crippen molar-refractivity contribution in [3.8, 4) is 0 Å². The normalized spacial score (nSPS) is 10.4. The Morgan fingerprint density at radius 1 is 1.43 bits per heavy atom. The average Bonchev–Trinajstić information content (AvgIpc) is 2.12. The number of benzene rings is 1. The monoisotopic (exact) mass is 211 g/mol. The summed E-state index contributed by atoms with van der Waals surface area (Å²) in [6.07, 6.45) is 0. The van der Waals surface area contributed by atoms with Crippen molar-refractivity contribution < 1.29 is 4.79 Å². The van der Waals surface area contributed by atoms with Crippen LogP contribution in [0.2, 0.25) is 5.02 Å². The van der Waals surface area contributed by atoms with E-state index in [0.29, 0.717) is 5.02 Å². The molecule has 0 saturated heterocycles. The third-order valence-corrected chi connectivity index (χ3v) is 2.46. The third-order valence-electron chi connectivity index (χ3n) is 2.05. The predicted molar refractivity (Wildman–Crippen MR) is 59.7 cm³/mol. The van der Waals surface area contributed by atoms with Crippen LogP contribution in [0.5, 0.6) is 0 Å². The fourth-order valence-electron chi connectivity index (χ4n) is 1.02. The third kappa shape index (κ3) is 2.48. The van der Waals surface area contributed by atoms with E-state index in [1.54, 1.807) is 0 Å². The van der Waals surface area contributed by atoms with Crippen LogP contribution in [0.4, 0.5) is 5.69 Å². The van der Waals surface area contributed by atoms with Crippen molar-refractivity contribution in [2.45, 2.75) is 20.8 Å². The van der Waals surface area contributed by atoms with Crippen molar-refractivity contribution in [1.29, 1.82) is 0 Å².